The topological polar surface area (TPSA) is 54.9 Å². The maximum absolute atomic E-state index is 5.53. The van der Waals surface area contributed by atoms with E-state index in [1.165, 1.54) is 12.8 Å². The van der Waals surface area contributed by atoms with E-state index >= 15 is 0 Å². The highest BCUT2D eigenvalue weighted by atomic mass is 127. The molecule has 1 fully saturated rings. The van der Waals surface area contributed by atoms with Gasteiger partial charge in [0.15, 0.2) is 17.5 Å². The molecule has 1 saturated carbocycles. The normalized spacial score (nSPS) is 14.0. The zero-order valence-corrected chi connectivity index (χ0v) is 16.6. The minimum Gasteiger partial charge on any atom is -0.493 e. The molecule has 23 heavy (non-hydrogen) atoms. The summed E-state index contributed by atoms with van der Waals surface area (Å²) < 4.78 is 10.9. The van der Waals surface area contributed by atoms with Crippen molar-refractivity contribution in [3.05, 3.63) is 23.8 Å². The van der Waals surface area contributed by atoms with Crippen LogP contribution < -0.4 is 20.1 Å². The first-order valence-corrected chi connectivity index (χ1v) is 8.08. The molecule has 0 radical (unpaired) electrons. The third kappa shape index (κ3) is 6.85. The number of rotatable bonds is 8. The average Bonchev–Trinajstić information content (AvgIpc) is 3.35. The Hall–Kier alpha value is -1.18. The van der Waals surface area contributed by atoms with Gasteiger partial charge in [-0.3, -0.25) is 0 Å². The van der Waals surface area contributed by atoms with Crippen LogP contribution in [0.5, 0.6) is 11.5 Å². The number of benzene rings is 1. The second-order valence-electron chi connectivity index (χ2n) is 5.44. The van der Waals surface area contributed by atoms with Crippen molar-refractivity contribution in [2.45, 2.75) is 33.2 Å². The summed E-state index contributed by atoms with van der Waals surface area (Å²) in [4.78, 5) is 4.63. The summed E-state index contributed by atoms with van der Waals surface area (Å²) in [6.45, 7) is 7.16. The number of guanidine groups is 1. The van der Waals surface area contributed by atoms with Gasteiger partial charge in [-0.1, -0.05) is 6.07 Å². The number of hydrogen-bond acceptors (Lipinski definition) is 3. The summed E-state index contributed by atoms with van der Waals surface area (Å²) in [5.74, 6) is 3.23. The number of nitrogens with zero attached hydrogens (tertiary/aromatic N) is 1. The van der Waals surface area contributed by atoms with Crippen LogP contribution in [0, 0.1) is 5.92 Å². The van der Waals surface area contributed by atoms with E-state index in [0.717, 1.165) is 42.0 Å². The van der Waals surface area contributed by atoms with E-state index in [1.807, 2.05) is 25.1 Å². The number of ether oxygens (including phenoxy) is 2. The third-order valence-corrected chi connectivity index (χ3v) is 3.55. The van der Waals surface area contributed by atoms with E-state index in [0.29, 0.717) is 13.2 Å². The smallest absolute Gasteiger partial charge is 0.191 e. The molecule has 1 aliphatic rings. The van der Waals surface area contributed by atoms with Gasteiger partial charge < -0.3 is 20.1 Å². The van der Waals surface area contributed by atoms with Crippen molar-refractivity contribution in [3.63, 3.8) is 0 Å². The number of halogens is 1. The maximum Gasteiger partial charge on any atom is 0.191 e. The quantitative estimate of drug-likeness (QED) is 0.376. The molecular weight excluding hydrogens is 405 g/mol. The molecule has 6 heteroatoms. The minimum absolute atomic E-state index is 0. The molecule has 5 nitrogen and oxygen atoms in total. The predicted octanol–water partition coefficient (Wildman–Crippen LogP) is 3.18. The lowest BCUT2D eigenvalue weighted by Crippen LogP contribution is -2.38. The number of aliphatic imine (C=N–C) groups is 1. The third-order valence-electron chi connectivity index (χ3n) is 3.55. The highest BCUT2D eigenvalue weighted by Gasteiger charge is 2.21. The summed E-state index contributed by atoms with van der Waals surface area (Å²) in [5.41, 5.74) is 1.10. The SMILES string of the molecule is CCNC(=NCc1ccc(OCC)c(OC)c1)NCC1CC1.I. The van der Waals surface area contributed by atoms with Crippen LogP contribution >= 0.6 is 24.0 Å². The first-order chi connectivity index (χ1) is 10.8. The van der Waals surface area contributed by atoms with Crippen LogP contribution in [0.3, 0.4) is 0 Å². The van der Waals surface area contributed by atoms with Crippen LogP contribution in [0.15, 0.2) is 23.2 Å². The highest BCUT2D eigenvalue weighted by molar-refractivity contribution is 14.0. The lowest BCUT2D eigenvalue weighted by molar-refractivity contribution is 0.310. The van der Waals surface area contributed by atoms with Crippen molar-refractivity contribution < 1.29 is 9.47 Å². The first kappa shape index (κ1) is 19.9. The molecule has 1 aromatic carbocycles. The van der Waals surface area contributed by atoms with Crippen LogP contribution in [0.4, 0.5) is 0 Å². The van der Waals surface area contributed by atoms with E-state index in [2.05, 4.69) is 22.5 Å². The van der Waals surface area contributed by atoms with Gasteiger partial charge in [-0.05, 0) is 50.3 Å². The van der Waals surface area contributed by atoms with Crippen LogP contribution in [0.2, 0.25) is 0 Å². The largest absolute Gasteiger partial charge is 0.493 e. The van der Waals surface area contributed by atoms with Gasteiger partial charge in [-0.25, -0.2) is 4.99 Å². The Bertz CT molecular complexity index is 505. The van der Waals surface area contributed by atoms with Gasteiger partial charge in [0.2, 0.25) is 0 Å². The fourth-order valence-corrected chi connectivity index (χ4v) is 2.16. The Balaban J connectivity index is 0.00000264. The van der Waals surface area contributed by atoms with Gasteiger partial charge in [0.25, 0.3) is 0 Å². The van der Waals surface area contributed by atoms with Crippen molar-refractivity contribution in [2.75, 3.05) is 26.8 Å². The molecule has 0 heterocycles. The van der Waals surface area contributed by atoms with Crippen LogP contribution in [-0.4, -0.2) is 32.8 Å². The zero-order chi connectivity index (χ0) is 15.8. The molecule has 1 aliphatic carbocycles. The van der Waals surface area contributed by atoms with E-state index < -0.39 is 0 Å². The van der Waals surface area contributed by atoms with Crippen molar-refractivity contribution in [1.82, 2.24) is 10.6 Å². The highest BCUT2D eigenvalue weighted by Crippen LogP contribution is 2.28. The maximum atomic E-state index is 5.53. The van der Waals surface area contributed by atoms with Gasteiger partial charge in [0.05, 0.1) is 20.3 Å². The summed E-state index contributed by atoms with van der Waals surface area (Å²) in [5, 5.41) is 6.68. The molecule has 1 aromatic rings. The van der Waals surface area contributed by atoms with E-state index in [4.69, 9.17) is 9.47 Å². The summed E-state index contributed by atoms with van der Waals surface area (Å²) >= 11 is 0. The van der Waals surface area contributed by atoms with Crippen molar-refractivity contribution in [2.24, 2.45) is 10.9 Å². The second-order valence-corrected chi connectivity index (χ2v) is 5.44. The molecule has 0 spiro atoms. The van der Waals surface area contributed by atoms with Gasteiger partial charge in [-0.15, -0.1) is 24.0 Å². The summed E-state index contributed by atoms with van der Waals surface area (Å²) in [6, 6.07) is 5.96. The van der Waals surface area contributed by atoms with Crippen molar-refractivity contribution >= 4 is 29.9 Å². The molecule has 2 rings (SSSR count). The van der Waals surface area contributed by atoms with Gasteiger partial charge in [0.1, 0.15) is 0 Å². The number of nitrogens with one attached hydrogen (secondary N) is 2. The van der Waals surface area contributed by atoms with E-state index in [1.54, 1.807) is 7.11 Å². The molecule has 0 atom stereocenters. The molecule has 0 saturated heterocycles. The van der Waals surface area contributed by atoms with E-state index in [9.17, 15) is 0 Å². The fraction of sp³-hybridized carbons (Fsp3) is 0.588. The molecule has 0 unspecified atom stereocenters. The Morgan fingerprint density at radius 1 is 1.22 bits per heavy atom. The van der Waals surface area contributed by atoms with Gasteiger partial charge in [-0.2, -0.15) is 0 Å². The zero-order valence-electron chi connectivity index (χ0n) is 14.2. The fourth-order valence-electron chi connectivity index (χ4n) is 2.16. The molecule has 0 amide bonds. The molecule has 2 N–H and O–H groups in total. The molecule has 0 aromatic heterocycles. The second kappa shape index (κ2) is 10.6. The van der Waals surface area contributed by atoms with Gasteiger partial charge >= 0.3 is 0 Å². The molecule has 0 bridgehead atoms. The summed E-state index contributed by atoms with van der Waals surface area (Å²) in [7, 11) is 1.66. The van der Waals surface area contributed by atoms with Crippen molar-refractivity contribution in [1.29, 1.82) is 0 Å². The molecular formula is C17H28IN3O2. The number of hydrogen-bond donors (Lipinski definition) is 2. The molecule has 0 aliphatic heterocycles. The lowest BCUT2D eigenvalue weighted by Gasteiger charge is -2.12. The Labute approximate surface area is 156 Å². The standard InChI is InChI=1S/C17H27N3O2.HI/c1-4-18-17(19-11-13-6-7-13)20-12-14-8-9-15(22-5-2)16(10-14)21-3;/h8-10,13H,4-7,11-12H2,1-3H3,(H2,18,19,20);1H. The first-order valence-electron chi connectivity index (χ1n) is 8.08. The van der Waals surface area contributed by atoms with Crippen LogP contribution in [0.1, 0.15) is 32.3 Å². The minimum atomic E-state index is 0. The Kier molecular flexibility index (Phi) is 9.13. The van der Waals surface area contributed by atoms with Crippen LogP contribution in [0.25, 0.3) is 0 Å². The predicted molar refractivity (Wildman–Crippen MR) is 105 cm³/mol. The van der Waals surface area contributed by atoms with E-state index in [-0.39, 0.29) is 24.0 Å². The lowest BCUT2D eigenvalue weighted by atomic mass is 10.2. The Morgan fingerprint density at radius 2 is 2.00 bits per heavy atom. The Morgan fingerprint density at radius 3 is 2.61 bits per heavy atom. The number of methoxy groups -OCH3 is 1. The van der Waals surface area contributed by atoms with Crippen LogP contribution in [-0.2, 0) is 6.54 Å². The average molecular weight is 433 g/mol. The summed E-state index contributed by atoms with van der Waals surface area (Å²) in [6.07, 6.45) is 2.67. The van der Waals surface area contributed by atoms with Crippen molar-refractivity contribution in [3.8, 4) is 11.5 Å². The molecule has 130 valence electrons. The van der Waals surface area contributed by atoms with Gasteiger partial charge in [0, 0.05) is 13.1 Å². The monoisotopic (exact) mass is 433 g/mol.